The summed E-state index contributed by atoms with van der Waals surface area (Å²) >= 11 is 0. The van der Waals surface area contributed by atoms with E-state index in [0.717, 1.165) is 11.1 Å². The number of rotatable bonds is 7. The molecule has 3 aromatic carbocycles. The van der Waals surface area contributed by atoms with Crippen LogP contribution in [0.15, 0.2) is 98.0 Å². The van der Waals surface area contributed by atoms with Crippen LogP contribution >= 0.6 is 0 Å². The average Bonchev–Trinajstić information content (AvgIpc) is 3.47. The summed E-state index contributed by atoms with van der Waals surface area (Å²) in [7, 11) is 2.95. The van der Waals surface area contributed by atoms with Gasteiger partial charge in [0.1, 0.15) is 28.8 Å². The van der Waals surface area contributed by atoms with Gasteiger partial charge in [-0.3, -0.25) is 4.79 Å². The van der Waals surface area contributed by atoms with E-state index in [2.05, 4.69) is 25.7 Å². The molecule has 0 fully saturated rings. The van der Waals surface area contributed by atoms with Gasteiger partial charge in [0.15, 0.2) is 11.2 Å². The van der Waals surface area contributed by atoms with Gasteiger partial charge in [0.25, 0.3) is 5.95 Å². The maximum atomic E-state index is 13.4. The van der Waals surface area contributed by atoms with E-state index < -0.39 is 0 Å². The van der Waals surface area contributed by atoms with Crippen molar-refractivity contribution in [3.63, 3.8) is 0 Å². The zero-order valence-corrected chi connectivity index (χ0v) is 20.9. The predicted molar refractivity (Wildman–Crippen MR) is 147 cm³/mol. The molecule has 0 amide bonds. The van der Waals surface area contributed by atoms with Crippen LogP contribution in [0.2, 0.25) is 0 Å². The molecule has 39 heavy (non-hydrogen) atoms. The minimum Gasteiger partial charge on any atom is -0.495 e. The molecule has 192 valence electrons. The molecule has 0 aliphatic carbocycles. The zero-order valence-electron chi connectivity index (χ0n) is 20.9. The van der Waals surface area contributed by atoms with Crippen LogP contribution < -0.4 is 20.3 Å². The van der Waals surface area contributed by atoms with Gasteiger partial charge in [-0.05, 0) is 6.07 Å². The molecule has 1 N–H and O–H groups in total. The second-order valence-electron chi connectivity index (χ2n) is 8.39. The van der Waals surface area contributed by atoms with Crippen molar-refractivity contribution < 1.29 is 18.3 Å². The maximum absolute atomic E-state index is 13.4. The lowest BCUT2D eigenvalue weighted by molar-refractivity contribution is 0.400. The number of nitrogens with one attached hydrogen (secondary N) is 1. The number of anilines is 1. The number of ether oxygens (including phenoxy) is 2. The molecule has 6 rings (SSSR count). The highest BCUT2D eigenvalue weighted by Gasteiger charge is 2.23. The van der Waals surface area contributed by atoms with E-state index in [1.807, 2.05) is 60.7 Å². The summed E-state index contributed by atoms with van der Waals surface area (Å²) in [6.07, 6.45) is 4.11. The number of aromatic nitrogens is 3. The van der Waals surface area contributed by atoms with Gasteiger partial charge in [0, 0.05) is 11.1 Å². The van der Waals surface area contributed by atoms with E-state index >= 15 is 0 Å². The third-order valence-corrected chi connectivity index (χ3v) is 6.13. The van der Waals surface area contributed by atoms with Crippen LogP contribution in [0.3, 0.4) is 0 Å². The van der Waals surface area contributed by atoms with Gasteiger partial charge in [-0.15, -0.1) is 10.2 Å². The molecule has 0 aliphatic rings. The third-order valence-electron chi connectivity index (χ3n) is 6.13. The Balaban J connectivity index is 1.37. The predicted octanol–water partition coefficient (Wildman–Crippen LogP) is 5.52. The van der Waals surface area contributed by atoms with Gasteiger partial charge < -0.3 is 18.3 Å². The second kappa shape index (κ2) is 10.1. The summed E-state index contributed by atoms with van der Waals surface area (Å²) in [5.74, 6) is 0.785. The molecule has 0 atom stereocenters. The van der Waals surface area contributed by atoms with Crippen LogP contribution in [-0.2, 0) is 0 Å². The van der Waals surface area contributed by atoms with E-state index in [9.17, 15) is 4.79 Å². The highest BCUT2D eigenvalue weighted by atomic mass is 16.5. The molecule has 0 bridgehead atoms. The van der Waals surface area contributed by atoms with E-state index in [0.29, 0.717) is 33.9 Å². The largest absolute Gasteiger partial charge is 0.495 e. The van der Waals surface area contributed by atoms with Crippen molar-refractivity contribution in [2.75, 3.05) is 19.6 Å². The van der Waals surface area contributed by atoms with Gasteiger partial charge in [-0.25, -0.2) is 10.4 Å². The van der Waals surface area contributed by atoms with E-state index in [1.54, 1.807) is 6.07 Å². The lowest BCUT2D eigenvalue weighted by atomic mass is 10.0. The zero-order chi connectivity index (χ0) is 26.8. The molecular weight excluding hydrogens is 498 g/mol. The van der Waals surface area contributed by atoms with Crippen molar-refractivity contribution in [1.82, 2.24) is 15.2 Å². The SMILES string of the molecule is COc1c2occc2c(OC)c2c(=O)c(/C=N/Nc3nnc(-c4ccccc4)c(-c4ccccc4)n3)coc12. The van der Waals surface area contributed by atoms with Gasteiger partial charge >= 0.3 is 0 Å². The standard InChI is InChI=1S/C29H21N5O5/c1-36-25-20-13-14-38-26(20)28(37-2)27-21(25)24(35)19(16-39-27)15-30-33-29-31-22(17-9-5-3-6-10-17)23(32-34-29)18-11-7-4-8-12-18/h3-16H,1-2H3,(H,31,33,34)/b30-15+. The Morgan fingerprint density at radius 1 is 0.821 bits per heavy atom. The summed E-state index contributed by atoms with van der Waals surface area (Å²) in [5, 5.41) is 13.6. The summed E-state index contributed by atoms with van der Waals surface area (Å²) in [5.41, 5.74) is 6.26. The number of hydrogen-bond acceptors (Lipinski definition) is 10. The quantitative estimate of drug-likeness (QED) is 0.214. The lowest BCUT2D eigenvalue weighted by Gasteiger charge is -2.10. The van der Waals surface area contributed by atoms with Crippen molar-refractivity contribution in [1.29, 1.82) is 0 Å². The number of hydrogen-bond donors (Lipinski definition) is 1. The van der Waals surface area contributed by atoms with Crippen molar-refractivity contribution in [2.24, 2.45) is 5.10 Å². The van der Waals surface area contributed by atoms with Crippen molar-refractivity contribution in [2.45, 2.75) is 0 Å². The Kier molecular flexibility index (Phi) is 6.18. The normalized spacial score (nSPS) is 11.3. The number of fused-ring (bicyclic) bond motifs is 2. The first-order chi connectivity index (χ1) is 19.2. The van der Waals surface area contributed by atoms with Crippen molar-refractivity contribution >= 4 is 34.1 Å². The minimum atomic E-state index is -0.358. The van der Waals surface area contributed by atoms with Crippen molar-refractivity contribution in [3.05, 3.63) is 95.0 Å². The number of methoxy groups -OCH3 is 2. The third kappa shape index (κ3) is 4.23. The Hall–Kier alpha value is -5.51. The summed E-state index contributed by atoms with van der Waals surface area (Å²) in [6.45, 7) is 0. The molecule has 10 nitrogen and oxygen atoms in total. The molecular formula is C29H21N5O5. The number of nitrogens with zero attached hydrogens (tertiary/aromatic N) is 4. The molecule has 0 spiro atoms. The highest BCUT2D eigenvalue weighted by Crippen LogP contribution is 2.41. The van der Waals surface area contributed by atoms with Crippen LogP contribution in [0.4, 0.5) is 5.95 Å². The van der Waals surface area contributed by atoms with E-state index in [4.69, 9.17) is 18.3 Å². The number of furan rings is 1. The van der Waals surface area contributed by atoms with Crippen molar-refractivity contribution in [3.8, 4) is 34.0 Å². The molecule has 3 heterocycles. The van der Waals surface area contributed by atoms with Gasteiger partial charge in [-0.2, -0.15) is 5.10 Å². The van der Waals surface area contributed by atoms with Crippen LogP contribution in [0.5, 0.6) is 11.5 Å². The van der Waals surface area contributed by atoms with Crippen LogP contribution in [0, 0.1) is 0 Å². The molecule has 10 heteroatoms. The number of benzene rings is 3. The molecule has 0 saturated heterocycles. The molecule has 6 aromatic rings. The fraction of sp³-hybridized carbons (Fsp3) is 0.0690. The molecule has 3 aromatic heterocycles. The molecule has 0 saturated carbocycles. The Morgan fingerprint density at radius 2 is 1.51 bits per heavy atom. The van der Waals surface area contributed by atoms with E-state index in [1.165, 1.54) is 33.0 Å². The maximum Gasteiger partial charge on any atom is 0.263 e. The fourth-order valence-electron chi connectivity index (χ4n) is 4.36. The van der Waals surface area contributed by atoms with Gasteiger partial charge in [0.05, 0.1) is 37.6 Å². The topological polar surface area (TPSA) is 125 Å². The second-order valence-corrected chi connectivity index (χ2v) is 8.39. The average molecular weight is 520 g/mol. The summed E-state index contributed by atoms with van der Waals surface area (Å²) < 4.78 is 22.3. The monoisotopic (exact) mass is 519 g/mol. The van der Waals surface area contributed by atoms with E-state index in [-0.39, 0.29) is 27.9 Å². The molecule has 0 radical (unpaired) electrons. The fourth-order valence-corrected chi connectivity index (χ4v) is 4.36. The first-order valence-electron chi connectivity index (χ1n) is 11.9. The van der Waals surface area contributed by atoms with Gasteiger partial charge in [0.2, 0.25) is 11.2 Å². The van der Waals surface area contributed by atoms with Crippen LogP contribution in [-0.4, -0.2) is 35.6 Å². The van der Waals surface area contributed by atoms with Crippen LogP contribution in [0.1, 0.15) is 5.56 Å². The Morgan fingerprint density at radius 3 is 2.21 bits per heavy atom. The summed E-state index contributed by atoms with van der Waals surface area (Å²) in [4.78, 5) is 18.1. The first kappa shape index (κ1) is 23.9. The first-order valence-corrected chi connectivity index (χ1v) is 11.9. The smallest absolute Gasteiger partial charge is 0.263 e. The summed E-state index contributed by atoms with van der Waals surface area (Å²) in [6, 6.07) is 21.1. The Bertz CT molecular complexity index is 1880. The molecule has 0 unspecified atom stereocenters. The molecule has 0 aliphatic heterocycles. The van der Waals surface area contributed by atoms with Gasteiger partial charge in [-0.1, -0.05) is 60.7 Å². The van der Waals surface area contributed by atoms with Crippen LogP contribution in [0.25, 0.3) is 44.5 Å². The Labute approximate surface area is 221 Å². The number of hydrazone groups is 1. The lowest BCUT2D eigenvalue weighted by Crippen LogP contribution is -2.11. The minimum absolute atomic E-state index is 0.161. The highest BCUT2D eigenvalue weighted by molar-refractivity contribution is 6.07.